The number of hydrogen-bond acceptors (Lipinski definition) is 5. The van der Waals surface area contributed by atoms with E-state index >= 15 is 0 Å². The normalized spacial score (nSPS) is 15.7. The lowest BCUT2D eigenvalue weighted by molar-refractivity contribution is 0.216. The van der Waals surface area contributed by atoms with E-state index in [0.717, 1.165) is 37.4 Å². The van der Waals surface area contributed by atoms with E-state index in [-0.39, 0.29) is 0 Å². The van der Waals surface area contributed by atoms with Crippen molar-refractivity contribution in [1.82, 2.24) is 15.0 Å². The number of nitrogens with zero attached hydrogens (tertiary/aromatic N) is 4. The first-order valence-corrected chi connectivity index (χ1v) is 8.29. The van der Waals surface area contributed by atoms with Crippen LogP contribution in [0, 0.1) is 19.8 Å². The molecule has 23 heavy (non-hydrogen) atoms. The van der Waals surface area contributed by atoms with Crippen molar-refractivity contribution in [2.45, 2.75) is 26.7 Å². The fourth-order valence-electron chi connectivity index (χ4n) is 2.83. The van der Waals surface area contributed by atoms with Gasteiger partial charge in [-0.25, -0.2) is 15.0 Å². The summed E-state index contributed by atoms with van der Waals surface area (Å²) < 4.78 is 5.77. The van der Waals surface area contributed by atoms with Crippen LogP contribution in [0.4, 0.5) is 5.82 Å². The Labute approximate surface area is 141 Å². The van der Waals surface area contributed by atoms with Crippen LogP contribution in [-0.4, -0.2) is 34.6 Å². The van der Waals surface area contributed by atoms with E-state index < -0.39 is 0 Å². The molecule has 2 aromatic heterocycles. The monoisotopic (exact) mass is 332 g/mol. The standard InChI is InChI=1S/C17H21ClN4O/c1-12-13(2)20-11-21-16(12)22-8-5-14(6-9-22)10-23-17-15(18)4-3-7-19-17/h3-4,7,11,14H,5-6,8-10H2,1-2H3. The molecule has 1 fully saturated rings. The lowest BCUT2D eigenvalue weighted by atomic mass is 9.97. The zero-order valence-electron chi connectivity index (χ0n) is 13.5. The zero-order chi connectivity index (χ0) is 16.2. The highest BCUT2D eigenvalue weighted by Gasteiger charge is 2.22. The Bertz CT molecular complexity index is 671. The molecule has 0 radical (unpaired) electrons. The Hall–Kier alpha value is -1.88. The minimum absolute atomic E-state index is 0.521. The number of aromatic nitrogens is 3. The molecule has 0 N–H and O–H groups in total. The van der Waals surface area contributed by atoms with Gasteiger partial charge in [0.1, 0.15) is 17.2 Å². The molecule has 5 nitrogen and oxygen atoms in total. The second-order valence-corrected chi connectivity index (χ2v) is 6.35. The molecule has 122 valence electrons. The smallest absolute Gasteiger partial charge is 0.232 e. The van der Waals surface area contributed by atoms with Gasteiger partial charge in [-0.15, -0.1) is 0 Å². The van der Waals surface area contributed by atoms with Crippen molar-refractivity contribution < 1.29 is 4.74 Å². The largest absolute Gasteiger partial charge is 0.476 e. The first-order valence-electron chi connectivity index (χ1n) is 7.91. The third-order valence-electron chi connectivity index (χ3n) is 4.40. The van der Waals surface area contributed by atoms with Crippen LogP contribution < -0.4 is 9.64 Å². The van der Waals surface area contributed by atoms with Gasteiger partial charge < -0.3 is 9.64 Å². The quantitative estimate of drug-likeness (QED) is 0.858. The molecule has 0 aliphatic carbocycles. The molecule has 3 rings (SSSR count). The van der Waals surface area contributed by atoms with Crippen LogP contribution in [0.2, 0.25) is 5.02 Å². The van der Waals surface area contributed by atoms with E-state index in [2.05, 4.69) is 26.8 Å². The molecule has 0 saturated carbocycles. The SMILES string of the molecule is Cc1ncnc(N2CCC(COc3ncccc3Cl)CC2)c1C. The fourth-order valence-corrected chi connectivity index (χ4v) is 3.01. The van der Waals surface area contributed by atoms with Gasteiger partial charge in [0.05, 0.1) is 6.61 Å². The molecule has 1 saturated heterocycles. The molecular formula is C17H21ClN4O. The van der Waals surface area contributed by atoms with Crippen molar-refractivity contribution in [2.24, 2.45) is 5.92 Å². The highest BCUT2D eigenvalue weighted by molar-refractivity contribution is 6.31. The van der Waals surface area contributed by atoms with Crippen LogP contribution in [0.25, 0.3) is 0 Å². The number of ether oxygens (including phenoxy) is 1. The second kappa shape index (κ2) is 7.13. The molecule has 0 spiro atoms. The van der Waals surface area contributed by atoms with E-state index in [1.807, 2.05) is 6.92 Å². The van der Waals surface area contributed by atoms with E-state index in [0.29, 0.717) is 23.4 Å². The molecule has 3 heterocycles. The number of aryl methyl sites for hydroxylation is 1. The van der Waals surface area contributed by atoms with Crippen molar-refractivity contribution in [3.63, 3.8) is 0 Å². The summed E-state index contributed by atoms with van der Waals surface area (Å²) in [6.07, 6.45) is 5.50. The van der Waals surface area contributed by atoms with Crippen LogP contribution in [0.1, 0.15) is 24.1 Å². The molecule has 2 aromatic rings. The van der Waals surface area contributed by atoms with Gasteiger partial charge in [-0.3, -0.25) is 0 Å². The summed E-state index contributed by atoms with van der Waals surface area (Å²) >= 11 is 6.07. The Morgan fingerprint density at radius 2 is 2.00 bits per heavy atom. The van der Waals surface area contributed by atoms with Crippen molar-refractivity contribution in [3.05, 3.63) is 40.9 Å². The molecular weight excluding hydrogens is 312 g/mol. The maximum atomic E-state index is 6.07. The van der Waals surface area contributed by atoms with Gasteiger partial charge in [-0.2, -0.15) is 0 Å². The van der Waals surface area contributed by atoms with Crippen molar-refractivity contribution in [3.8, 4) is 5.88 Å². The average molecular weight is 333 g/mol. The lowest BCUT2D eigenvalue weighted by Crippen LogP contribution is -2.36. The van der Waals surface area contributed by atoms with Crippen molar-refractivity contribution in [2.75, 3.05) is 24.6 Å². The first kappa shape index (κ1) is 16.0. The third-order valence-corrected chi connectivity index (χ3v) is 4.69. The zero-order valence-corrected chi connectivity index (χ0v) is 14.3. The van der Waals surface area contributed by atoms with Crippen molar-refractivity contribution >= 4 is 17.4 Å². The molecule has 0 unspecified atom stereocenters. The summed E-state index contributed by atoms with van der Waals surface area (Å²) in [5.41, 5.74) is 2.22. The molecule has 0 amide bonds. The minimum atomic E-state index is 0.521. The maximum Gasteiger partial charge on any atom is 0.232 e. The summed E-state index contributed by atoms with van der Waals surface area (Å²) in [5.74, 6) is 2.11. The van der Waals surface area contributed by atoms with Gasteiger partial charge in [0.2, 0.25) is 5.88 Å². The lowest BCUT2D eigenvalue weighted by Gasteiger charge is -2.33. The fraction of sp³-hybridized carbons (Fsp3) is 0.471. The van der Waals surface area contributed by atoms with Crippen LogP contribution in [-0.2, 0) is 0 Å². The first-order chi connectivity index (χ1) is 11.1. The second-order valence-electron chi connectivity index (χ2n) is 5.94. The maximum absolute atomic E-state index is 6.07. The van der Waals surface area contributed by atoms with Crippen molar-refractivity contribution in [1.29, 1.82) is 0 Å². The van der Waals surface area contributed by atoms with E-state index in [1.54, 1.807) is 24.7 Å². The predicted molar refractivity (Wildman–Crippen MR) is 91.2 cm³/mol. The molecule has 0 atom stereocenters. The number of anilines is 1. The van der Waals surface area contributed by atoms with Crippen LogP contribution in [0.15, 0.2) is 24.7 Å². The van der Waals surface area contributed by atoms with Gasteiger partial charge in [-0.1, -0.05) is 11.6 Å². The van der Waals surface area contributed by atoms with Gasteiger partial charge in [-0.05, 0) is 44.7 Å². The molecule has 0 aromatic carbocycles. The number of halogens is 1. The van der Waals surface area contributed by atoms with E-state index in [1.165, 1.54) is 5.56 Å². The highest BCUT2D eigenvalue weighted by Crippen LogP contribution is 2.26. The number of hydrogen-bond donors (Lipinski definition) is 0. The predicted octanol–water partition coefficient (Wildman–Crippen LogP) is 3.44. The number of piperidine rings is 1. The Morgan fingerprint density at radius 3 is 2.74 bits per heavy atom. The summed E-state index contributed by atoms with van der Waals surface area (Å²) in [6.45, 7) is 6.75. The van der Waals surface area contributed by atoms with Gasteiger partial charge in [0.25, 0.3) is 0 Å². The van der Waals surface area contributed by atoms with Gasteiger partial charge in [0, 0.05) is 30.5 Å². The summed E-state index contributed by atoms with van der Waals surface area (Å²) in [7, 11) is 0. The molecule has 6 heteroatoms. The van der Waals surface area contributed by atoms with Gasteiger partial charge in [0.15, 0.2) is 0 Å². The Balaban J connectivity index is 1.54. The van der Waals surface area contributed by atoms with Crippen LogP contribution >= 0.6 is 11.6 Å². The topological polar surface area (TPSA) is 51.1 Å². The highest BCUT2D eigenvalue weighted by atomic mass is 35.5. The number of rotatable bonds is 4. The van der Waals surface area contributed by atoms with Gasteiger partial charge >= 0.3 is 0 Å². The van der Waals surface area contributed by atoms with E-state index in [4.69, 9.17) is 16.3 Å². The Morgan fingerprint density at radius 1 is 1.22 bits per heavy atom. The molecule has 1 aliphatic rings. The number of pyridine rings is 1. The van der Waals surface area contributed by atoms with Crippen LogP contribution in [0.3, 0.4) is 0 Å². The summed E-state index contributed by atoms with van der Waals surface area (Å²) in [6, 6.07) is 3.60. The molecule has 1 aliphatic heterocycles. The van der Waals surface area contributed by atoms with Crippen LogP contribution in [0.5, 0.6) is 5.88 Å². The summed E-state index contributed by atoms with van der Waals surface area (Å²) in [4.78, 5) is 15.2. The third kappa shape index (κ3) is 3.72. The summed E-state index contributed by atoms with van der Waals surface area (Å²) in [5, 5.41) is 0.567. The Kier molecular flexibility index (Phi) is 4.96. The minimum Gasteiger partial charge on any atom is -0.476 e. The molecule has 0 bridgehead atoms. The average Bonchev–Trinajstić information content (AvgIpc) is 2.57. The van der Waals surface area contributed by atoms with E-state index in [9.17, 15) is 0 Å².